The lowest BCUT2D eigenvalue weighted by molar-refractivity contribution is -0.122. The normalized spacial score (nSPS) is 17.0. The maximum atomic E-state index is 13.8. The Morgan fingerprint density at radius 1 is 1.18 bits per heavy atom. The molecular weight excluding hydrogens is 478 g/mol. The average molecular weight is 501 g/mol. The van der Waals surface area contributed by atoms with Crippen LogP contribution in [0.5, 0.6) is 5.75 Å². The highest BCUT2D eigenvalue weighted by Crippen LogP contribution is 2.46. The Bertz CT molecular complexity index is 1290. The minimum Gasteiger partial charge on any atom is -0.485 e. The summed E-state index contributed by atoms with van der Waals surface area (Å²) in [6.07, 6.45) is 3.25. The molecule has 0 aliphatic carbocycles. The van der Waals surface area contributed by atoms with Crippen LogP contribution < -0.4 is 15.8 Å². The molecule has 0 atom stereocenters. The first-order valence-electron chi connectivity index (χ1n) is 10.9. The lowest BCUT2D eigenvalue weighted by Crippen LogP contribution is -2.45. The predicted octanol–water partition coefficient (Wildman–Crippen LogP) is 5.27. The number of hydrogen-bond acceptors (Lipinski definition) is 5. The molecule has 1 spiro atoms. The molecule has 176 valence electrons. The second-order valence-corrected chi connectivity index (χ2v) is 9.60. The fourth-order valence-electron chi connectivity index (χ4n) is 4.69. The van der Waals surface area contributed by atoms with Crippen LogP contribution in [0, 0.1) is 5.82 Å². The highest BCUT2D eigenvalue weighted by Gasteiger charge is 2.47. The standard InChI is InChI=1S/C25H23Cl2FN4O2/c1-32-8-6-25(7-9-32)17-3-2-14(10-20(17)31-24(25)33)15-11-21(23(29)30-12-15)34-13-16-18(26)4-5-19(28)22(16)27/h2-5,10-12H,6-9,13H2,1H3,(H2,29,30)(H,31,33). The summed E-state index contributed by atoms with van der Waals surface area (Å²) in [4.78, 5) is 19.4. The molecule has 2 aromatic carbocycles. The van der Waals surface area contributed by atoms with Crippen LogP contribution in [0.2, 0.25) is 10.0 Å². The number of ether oxygens (including phenoxy) is 1. The maximum absolute atomic E-state index is 13.8. The van der Waals surface area contributed by atoms with Crippen molar-refractivity contribution in [2.45, 2.75) is 24.9 Å². The molecule has 34 heavy (non-hydrogen) atoms. The van der Waals surface area contributed by atoms with E-state index in [1.807, 2.05) is 18.2 Å². The topological polar surface area (TPSA) is 80.5 Å². The molecule has 1 saturated heterocycles. The van der Waals surface area contributed by atoms with Crippen molar-refractivity contribution in [2.75, 3.05) is 31.2 Å². The average Bonchev–Trinajstić information content (AvgIpc) is 3.09. The first kappa shape index (κ1) is 22.9. The molecule has 1 aromatic heterocycles. The van der Waals surface area contributed by atoms with Crippen molar-refractivity contribution in [3.05, 3.63) is 69.6 Å². The number of nitrogens with zero attached hydrogens (tertiary/aromatic N) is 2. The number of nitrogens with two attached hydrogens (primary N) is 1. The van der Waals surface area contributed by atoms with Crippen LogP contribution in [0.25, 0.3) is 11.1 Å². The second kappa shape index (κ2) is 8.73. The van der Waals surface area contributed by atoms with Crippen molar-refractivity contribution in [1.29, 1.82) is 0 Å². The SMILES string of the molecule is CN1CCC2(CC1)C(=O)Nc1cc(-c3cnc(N)c(OCc4c(Cl)ccc(F)c4Cl)c3)ccc12. The minimum absolute atomic E-state index is 0.0658. The number of fused-ring (bicyclic) bond motifs is 2. The summed E-state index contributed by atoms with van der Waals surface area (Å²) in [5, 5.41) is 3.28. The van der Waals surface area contributed by atoms with E-state index in [-0.39, 0.29) is 23.4 Å². The van der Waals surface area contributed by atoms with Gasteiger partial charge in [0.05, 0.1) is 10.4 Å². The molecule has 3 heterocycles. The Kier molecular flexibility index (Phi) is 5.88. The van der Waals surface area contributed by atoms with Gasteiger partial charge in [0.25, 0.3) is 0 Å². The highest BCUT2D eigenvalue weighted by molar-refractivity contribution is 6.36. The van der Waals surface area contributed by atoms with Gasteiger partial charge in [-0.1, -0.05) is 35.3 Å². The number of hydrogen-bond donors (Lipinski definition) is 2. The number of nitrogen functional groups attached to an aromatic ring is 1. The van der Waals surface area contributed by atoms with Gasteiger partial charge in [0.2, 0.25) is 5.91 Å². The fraction of sp³-hybridized carbons (Fsp3) is 0.280. The maximum Gasteiger partial charge on any atom is 0.235 e. The number of amides is 1. The zero-order chi connectivity index (χ0) is 24.0. The van der Waals surface area contributed by atoms with E-state index in [1.165, 1.54) is 12.1 Å². The third-order valence-electron chi connectivity index (χ3n) is 6.78. The van der Waals surface area contributed by atoms with Crippen LogP contribution in [-0.2, 0) is 16.8 Å². The van der Waals surface area contributed by atoms with Gasteiger partial charge in [-0.3, -0.25) is 4.79 Å². The van der Waals surface area contributed by atoms with Gasteiger partial charge in [0.15, 0.2) is 11.6 Å². The molecular formula is C25H23Cl2FN4O2. The first-order valence-corrected chi connectivity index (χ1v) is 11.7. The summed E-state index contributed by atoms with van der Waals surface area (Å²) in [6, 6.07) is 10.3. The van der Waals surface area contributed by atoms with Crippen LogP contribution in [0.4, 0.5) is 15.9 Å². The van der Waals surface area contributed by atoms with E-state index in [4.69, 9.17) is 33.7 Å². The Morgan fingerprint density at radius 3 is 2.71 bits per heavy atom. The second-order valence-electron chi connectivity index (χ2n) is 8.82. The minimum atomic E-state index is -0.577. The molecule has 2 aliphatic heterocycles. The first-order chi connectivity index (χ1) is 16.3. The lowest BCUT2D eigenvalue weighted by Gasteiger charge is -2.36. The summed E-state index contributed by atoms with van der Waals surface area (Å²) in [5.74, 6) is 0.000458. The molecule has 5 rings (SSSR count). The number of piperidine rings is 1. The van der Waals surface area contributed by atoms with Gasteiger partial charge in [0.1, 0.15) is 12.4 Å². The third-order valence-corrected chi connectivity index (χ3v) is 7.55. The van der Waals surface area contributed by atoms with Gasteiger partial charge in [-0.2, -0.15) is 0 Å². The number of aromatic nitrogens is 1. The molecule has 3 aromatic rings. The van der Waals surface area contributed by atoms with Gasteiger partial charge in [0, 0.05) is 28.0 Å². The van der Waals surface area contributed by atoms with Crippen molar-refractivity contribution in [1.82, 2.24) is 9.88 Å². The van der Waals surface area contributed by atoms with Crippen molar-refractivity contribution in [3.63, 3.8) is 0 Å². The number of halogens is 3. The largest absolute Gasteiger partial charge is 0.485 e. The number of carbonyl (C=O) groups excluding carboxylic acids is 1. The molecule has 0 saturated carbocycles. The zero-order valence-electron chi connectivity index (χ0n) is 18.5. The van der Waals surface area contributed by atoms with E-state index >= 15 is 0 Å². The monoisotopic (exact) mass is 500 g/mol. The summed E-state index contributed by atoms with van der Waals surface area (Å²) in [5.41, 5.74) is 9.38. The van der Waals surface area contributed by atoms with E-state index in [0.717, 1.165) is 48.3 Å². The van der Waals surface area contributed by atoms with Gasteiger partial charge in [-0.15, -0.1) is 0 Å². The number of anilines is 2. The van der Waals surface area contributed by atoms with Crippen molar-refractivity contribution in [2.24, 2.45) is 0 Å². The van der Waals surface area contributed by atoms with Crippen LogP contribution in [0.3, 0.4) is 0 Å². The quantitative estimate of drug-likeness (QED) is 0.476. The zero-order valence-corrected chi connectivity index (χ0v) is 20.0. The smallest absolute Gasteiger partial charge is 0.235 e. The lowest BCUT2D eigenvalue weighted by atomic mass is 9.73. The molecule has 9 heteroatoms. The number of likely N-dealkylation sites (tertiary alicyclic amines) is 1. The van der Waals surface area contributed by atoms with E-state index in [2.05, 4.69) is 22.2 Å². The van der Waals surface area contributed by atoms with Crippen LogP contribution in [0.15, 0.2) is 42.6 Å². The van der Waals surface area contributed by atoms with E-state index < -0.39 is 11.2 Å². The molecule has 3 N–H and O–H groups in total. The molecule has 6 nitrogen and oxygen atoms in total. The summed E-state index contributed by atoms with van der Waals surface area (Å²) < 4.78 is 19.6. The Morgan fingerprint density at radius 2 is 1.94 bits per heavy atom. The Labute approximate surface area is 206 Å². The predicted molar refractivity (Wildman–Crippen MR) is 132 cm³/mol. The number of benzene rings is 2. The van der Waals surface area contributed by atoms with Gasteiger partial charge >= 0.3 is 0 Å². The van der Waals surface area contributed by atoms with E-state index in [1.54, 1.807) is 12.3 Å². The number of nitrogens with one attached hydrogen (secondary N) is 1. The number of pyridine rings is 1. The van der Waals surface area contributed by atoms with Crippen molar-refractivity contribution >= 4 is 40.6 Å². The number of carbonyl (C=O) groups is 1. The molecule has 1 amide bonds. The van der Waals surface area contributed by atoms with Gasteiger partial charge < -0.3 is 20.7 Å². The molecule has 1 fully saturated rings. The summed E-state index contributed by atoms with van der Waals surface area (Å²) in [6.45, 7) is 1.70. The summed E-state index contributed by atoms with van der Waals surface area (Å²) >= 11 is 12.2. The Hall–Kier alpha value is -2.87. The van der Waals surface area contributed by atoms with Gasteiger partial charge in [-0.25, -0.2) is 9.37 Å². The Balaban J connectivity index is 1.42. The fourth-order valence-corrected chi connectivity index (χ4v) is 5.17. The summed E-state index contributed by atoms with van der Waals surface area (Å²) in [7, 11) is 2.08. The molecule has 2 aliphatic rings. The van der Waals surface area contributed by atoms with Crippen molar-refractivity contribution < 1.29 is 13.9 Å². The van der Waals surface area contributed by atoms with Crippen molar-refractivity contribution in [3.8, 4) is 16.9 Å². The van der Waals surface area contributed by atoms with Crippen LogP contribution in [-0.4, -0.2) is 35.9 Å². The van der Waals surface area contributed by atoms with E-state index in [9.17, 15) is 9.18 Å². The van der Waals surface area contributed by atoms with Crippen LogP contribution >= 0.6 is 23.2 Å². The highest BCUT2D eigenvalue weighted by atomic mass is 35.5. The van der Waals surface area contributed by atoms with Gasteiger partial charge in [-0.05, 0) is 68.4 Å². The van der Waals surface area contributed by atoms with E-state index in [0.29, 0.717) is 16.3 Å². The molecule has 0 radical (unpaired) electrons. The van der Waals surface area contributed by atoms with Crippen LogP contribution in [0.1, 0.15) is 24.0 Å². The molecule has 0 unspecified atom stereocenters. The molecule has 0 bridgehead atoms. The number of rotatable bonds is 4. The third kappa shape index (κ3) is 3.87.